The fraction of sp³-hybridized carbons (Fsp3) is 0.154. The van der Waals surface area contributed by atoms with Crippen LogP contribution in [0.3, 0.4) is 0 Å². The largest absolute Gasteiger partial charge is 0.489 e. The summed E-state index contributed by atoms with van der Waals surface area (Å²) in [7, 11) is 0. The number of carbonyl (C=O) groups excluding carboxylic acids is 1. The monoisotopic (exact) mass is 452 g/mol. The molecular weight excluding hydrogens is 428 g/mol. The number of aryl methyl sites for hydroxylation is 1. The minimum absolute atomic E-state index is 0.240. The van der Waals surface area contributed by atoms with Crippen LogP contribution in [-0.4, -0.2) is 26.1 Å². The number of amides is 1. The van der Waals surface area contributed by atoms with Gasteiger partial charge in [0, 0.05) is 16.9 Å². The van der Waals surface area contributed by atoms with Gasteiger partial charge in [0.1, 0.15) is 18.4 Å². The van der Waals surface area contributed by atoms with Gasteiger partial charge < -0.3 is 15.4 Å². The standard InChI is InChI=1S/C26H24N6O2/c1-17-10-6-7-11-19(17)16-34-22-15-9-8-14-21(22)24-23(18(2)27-26-29-30-31-32(24)26)25(33)28-20-12-4-3-5-13-20/h3-15,24H,16H2,1-2H3,(H,28,33)(H,27,29,31). The maximum atomic E-state index is 13.5. The van der Waals surface area contributed by atoms with E-state index < -0.39 is 6.04 Å². The molecule has 0 radical (unpaired) electrons. The van der Waals surface area contributed by atoms with E-state index in [4.69, 9.17) is 4.74 Å². The zero-order valence-corrected chi connectivity index (χ0v) is 18.9. The summed E-state index contributed by atoms with van der Waals surface area (Å²) in [4.78, 5) is 13.5. The van der Waals surface area contributed by atoms with Crippen molar-refractivity contribution >= 4 is 17.5 Å². The van der Waals surface area contributed by atoms with Gasteiger partial charge in [0.05, 0.1) is 5.57 Å². The van der Waals surface area contributed by atoms with Crippen LogP contribution in [0.4, 0.5) is 11.6 Å². The molecule has 170 valence electrons. The van der Waals surface area contributed by atoms with E-state index in [0.29, 0.717) is 35.3 Å². The molecule has 1 aromatic heterocycles. The first kappa shape index (κ1) is 21.4. The molecule has 3 aromatic carbocycles. The van der Waals surface area contributed by atoms with Gasteiger partial charge in [-0.05, 0) is 53.6 Å². The molecule has 0 bridgehead atoms. The SMILES string of the molecule is CC1=C(C(=O)Nc2ccccc2)C(c2ccccc2OCc2ccccc2C)n2nnnc2N1. The summed E-state index contributed by atoms with van der Waals surface area (Å²) in [5, 5.41) is 18.2. The maximum absolute atomic E-state index is 13.5. The molecule has 1 aliphatic rings. The minimum Gasteiger partial charge on any atom is -0.489 e. The third-order valence-corrected chi connectivity index (χ3v) is 5.85. The Hall–Kier alpha value is -4.46. The number of allylic oxidation sites excluding steroid dienone is 1. The van der Waals surface area contributed by atoms with Crippen LogP contribution in [0, 0.1) is 6.92 Å². The van der Waals surface area contributed by atoms with Crippen LogP contribution in [0.5, 0.6) is 5.75 Å². The van der Waals surface area contributed by atoms with Crippen LogP contribution in [0.15, 0.2) is 90.1 Å². The first-order chi connectivity index (χ1) is 16.6. The molecule has 4 aromatic rings. The van der Waals surface area contributed by atoms with Crippen molar-refractivity contribution in [2.24, 2.45) is 0 Å². The number of hydrogen-bond acceptors (Lipinski definition) is 6. The van der Waals surface area contributed by atoms with Gasteiger partial charge in [-0.2, -0.15) is 4.68 Å². The van der Waals surface area contributed by atoms with Gasteiger partial charge in [0.2, 0.25) is 5.95 Å². The molecular formula is C26H24N6O2. The number of tetrazole rings is 1. The highest BCUT2D eigenvalue weighted by molar-refractivity contribution is 6.06. The zero-order chi connectivity index (χ0) is 23.5. The van der Waals surface area contributed by atoms with Gasteiger partial charge in [0.25, 0.3) is 5.91 Å². The van der Waals surface area contributed by atoms with Crippen molar-refractivity contribution in [1.29, 1.82) is 0 Å². The van der Waals surface area contributed by atoms with Crippen LogP contribution >= 0.6 is 0 Å². The molecule has 1 aliphatic heterocycles. The summed E-state index contributed by atoms with van der Waals surface area (Å²) in [6, 6.07) is 24.6. The molecule has 8 heteroatoms. The van der Waals surface area contributed by atoms with Crippen molar-refractivity contribution in [2.45, 2.75) is 26.5 Å². The average molecular weight is 453 g/mol. The molecule has 0 aliphatic carbocycles. The number of hydrogen-bond donors (Lipinski definition) is 2. The fourth-order valence-corrected chi connectivity index (χ4v) is 4.08. The Kier molecular flexibility index (Phi) is 5.78. The van der Waals surface area contributed by atoms with E-state index in [1.54, 1.807) is 4.68 Å². The number of benzene rings is 3. The first-order valence-corrected chi connectivity index (χ1v) is 11.0. The number of fused-ring (bicyclic) bond motifs is 1. The lowest BCUT2D eigenvalue weighted by Crippen LogP contribution is -2.31. The second-order valence-corrected chi connectivity index (χ2v) is 8.09. The summed E-state index contributed by atoms with van der Waals surface area (Å²) in [6.45, 7) is 4.32. The Balaban J connectivity index is 1.53. The molecule has 34 heavy (non-hydrogen) atoms. The molecule has 1 amide bonds. The predicted molar refractivity (Wildman–Crippen MR) is 129 cm³/mol. The molecule has 1 atom stereocenters. The lowest BCUT2D eigenvalue weighted by atomic mass is 9.94. The van der Waals surface area contributed by atoms with E-state index in [2.05, 4.69) is 39.1 Å². The number of carbonyl (C=O) groups is 1. The number of anilines is 2. The van der Waals surface area contributed by atoms with Crippen LogP contribution in [-0.2, 0) is 11.4 Å². The Morgan fingerprint density at radius 1 is 1.00 bits per heavy atom. The third-order valence-electron chi connectivity index (χ3n) is 5.85. The molecule has 0 saturated carbocycles. The fourth-order valence-electron chi connectivity index (χ4n) is 4.08. The van der Waals surface area contributed by atoms with Crippen molar-refractivity contribution in [3.05, 3.63) is 107 Å². The lowest BCUT2D eigenvalue weighted by molar-refractivity contribution is -0.113. The van der Waals surface area contributed by atoms with Crippen LogP contribution in [0.2, 0.25) is 0 Å². The van der Waals surface area contributed by atoms with Crippen molar-refractivity contribution in [2.75, 3.05) is 10.6 Å². The topological polar surface area (TPSA) is 94.0 Å². The second-order valence-electron chi connectivity index (χ2n) is 8.09. The molecule has 2 N–H and O–H groups in total. The summed E-state index contributed by atoms with van der Waals surface area (Å²) in [5.41, 5.74) is 4.94. The Morgan fingerprint density at radius 2 is 1.74 bits per heavy atom. The minimum atomic E-state index is -0.567. The molecule has 8 nitrogen and oxygen atoms in total. The van der Waals surface area contributed by atoms with Gasteiger partial charge in [-0.15, -0.1) is 0 Å². The quantitative estimate of drug-likeness (QED) is 0.448. The van der Waals surface area contributed by atoms with Crippen LogP contribution < -0.4 is 15.4 Å². The summed E-state index contributed by atoms with van der Waals surface area (Å²) < 4.78 is 7.89. The Labute approximate surface area is 197 Å². The van der Waals surface area contributed by atoms with E-state index in [1.165, 1.54) is 0 Å². The second kappa shape index (κ2) is 9.19. The van der Waals surface area contributed by atoms with Gasteiger partial charge in [-0.25, -0.2) is 0 Å². The van der Waals surface area contributed by atoms with Crippen molar-refractivity contribution < 1.29 is 9.53 Å². The third kappa shape index (κ3) is 4.13. The molecule has 0 spiro atoms. The van der Waals surface area contributed by atoms with Crippen LogP contribution in [0.1, 0.15) is 29.7 Å². The lowest BCUT2D eigenvalue weighted by Gasteiger charge is -2.29. The number of ether oxygens (including phenoxy) is 1. The Bertz CT molecular complexity index is 1360. The van der Waals surface area contributed by atoms with Crippen molar-refractivity contribution in [1.82, 2.24) is 20.2 Å². The normalized spacial score (nSPS) is 14.8. The average Bonchev–Trinajstić information content (AvgIpc) is 3.31. The number of nitrogens with zero attached hydrogens (tertiary/aromatic N) is 4. The molecule has 1 unspecified atom stereocenters. The molecule has 0 fully saturated rings. The highest BCUT2D eigenvalue weighted by Crippen LogP contribution is 2.39. The van der Waals surface area contributed by atoms with Gasteiger partial charge in [0.15, 0.2) is 0 Å². The number of nitrogens with one attached hydrogen (secondary N) is 2. The zero-order valence-electron chi connectivity index (χ0n) is 18.9. The summed E-state index contributed by atoms with van der Waals surface area (Å²) in [5.74, 6) is 0.889. The van der Waals surface area contributed by atoms with E-state index in [0.717, 1.165) is 16.7 Å². The van der Waals surface area contributed by atoms with Gasteiger partial charge in [-0.1, -0.05) is 65.8 Å². The summed E-state index contributed by atoms with van der Waals surface area (Å²) in [6.07, 6.45) is 0. The first-order valence-electron chi connectivity index (χ1n) is 11.0. The number of aromatic nitrogens is 4. The summed E-state index contributed by atoms with van der Waals surface area (Å²) >= 11 is 0. The van der Waals surface area contributed by atoms with E-state index >= 15 is 0 Å². The van der Waals surface area contributed by atoms with E-state index in [1.807, 2.05) is 79.7 Å². The Morgan fingerprint density at radius 3 is 2.56 bits per heavy atom. The smallest absolute Gasteiger partial charge is 0.255 e. The van der Waals surface area contributed by atoms with Crippen LogP contribution in [0.25, 0.3) is 0 Å². The number of para-hydroxylation sites is 2. The predicted octanol–water partition coefficient (Wildman–Crippen LogP) is 4.49. The molecule has 0 saturated heterocycles. The van der Waals surface area contributed by atoms with E-state index in [-0.39, 0.29) is 5.91 Å². The van der Waals surface area contributed by atoms with Gasteiger partial charge >= 0.3 is 0 Å². The van der Waals surface area contributed by atoms with Crippen molar-refractivity contribution in [3.8, 4) is 5.75 Å². The molecule has 2 heterocycles. The van der Waals surface area contributed by atoms with E-state index in [9.17, 15) is 4.79 Å². The highest BCUT2D eigenvalue weighted by atomic mass is 16.5. The highest BCUT2D eigenvalue weighted by Gasteiger charge is 2.35. The van der Waals surface area contributed by atoms with Gasteiger partial charge in [-0.3, -0.25) is 4.79 Å². The number of rotatable bonds is 6. The van der Waals surface area contributed by atoms with Crippen molar-refractivity contribution in [3.63, 3.8) is 0 Å². The maximum Gasteiger partial charge on any atom is 0.255 e. The molecule has 5 rings (SSSR count).